The highest BCUT2D eigenvalue weighted by Crippen LogP contribution is 2.25. The maximum atomic E-state index is 12.2. The molecule has 1 aliphatic rings. The summed E-state index contributed by atoms with van der Waals surface area (Å²) in [5.74, 6) is -0.127. The van der Waals surface area contributed by atoms with E-state index in [-0.39, 0.29) is 10.7 Å². The van der Waals surface area contributed by atoms with E-state index in [0.717, 1.165) is 33.3 Å². The van der Waals surface area contributed by atoms with Gasteiger partial charge in [-0.25, -0.2) is 0 Å². The Bertz CT molecular complexity index is 1190. The molecule has 2 aromatic carbocycles. The Morgan fingerprint density at radius 1 is 1.07 bits per heavy atom. The van der Waals surface area contributed by atoms with E-state index in [4.69, 9.17) is 17.0 Å². The number of carbonyl (C=O) groups excluding carboxylic acids is 2. The second kappa shape index (κ2) is 8.12. The van der Waals surface area contributed by atoms with Gasteiger partial charge in [-0.05, 0) is 55.4 Å². The van der Waals surface area contributed by atoms with E-state index in [2.05, 4.69) is 21.3 Å². The minimum atomic E-state index is -0.501. The number of nitrogens with one attached hydrogen (secondary N) is 2. The van der Waals surface area contributed by atoms with E-state index >= 15 is 0 Å². The molecule has 0 bridgehead atoms. The molecule has 1 fully saturated rings. The quantitative estimate of drug-likeness (QED) is 0.378. The van der Waals surface area contributed by atoms with Gasteiger partial charge < -0.3 is 9.30 Å². The van der Waals surface area contributed by atoms with Gasteiger partial charge in [0.15, 0.2) is 5.11 Å². The summed E-state index contributed by atoms with van der Waals surface area (Å²) in [6.07, 6.45) is 3.52. The molecule has 152 valence electrons. The van der Waals surface area contributed by atoms with E-state index in [1.165, 1.54) is 0 Å². The second-order valence-corrected chi connectivity index (χ2v) is 7.62. The van der Waals surface area contributed by atoms with Crippen LogP contribution < -0.4 is 15.4 Å². The number of aryl methyl sites for hydroxylation is 2. The van der Waals surface area contributed by atoms with E-state index in [1.807, 2.05) is 56.4 Å². The van der Waals surface area contributed by atoms with Crippen molar-refractivity contribution in [3.63, 3.8) is 0 Å². The number of amides is 2. The summed E-state index contributed by atoms with van der Waals surface area (Å²) in [5.41, 5.74) is 4.06. The highest BCUT2D eigenvalue weighted by molar-refractivity contribution is 7.80. The summed E-state index contributed by atoms with van der Waals surface area (Å²) in [5, 5.41) is 5.90. The molecule has 1 saturated heterocycles. The molecule has 4 rings (SSSR count). The summed E-state index contributed by atoms with van der Waals surface area (Å²) in [6, 6.07) is 14.0. The van der Waals surface area contributed by atoms with Gasteiger partial charge in [-0.15, -0.1) is 0 Å². The molecule has 2 amide bonds. The number of thiocarbonyl (C=S) groups is 1. The second-order valence-electron chi connectivity index (χ2n) is 7.21. The maximum absolute atomic E-state index is 12.2. The number of para-hydroxylation sites is 1. The van der Waals surface area contributed by atoms with Crippen molar-refractivity contribution in [1.29, 1.82) is 0 Å². The number of nitrogens with zero attached hydrogens (tertiary/aromatic N) is 1. The zero-order chi connectivity index (χ0) is 21.3. The zero-order valence-corrected chi connectivity index (χ0v) is 17.5. The van der Waals surface area contributed by atoms with Crippen LogP contribution in [0.25, 0.3) is 17.0 Å². The number of ether oxygens (including phenoxy) is 1. The van der Waals surface area contributed by atoms with Crippen LogP contribution in [0, 0.1) is 13.8 Å². The van der Waals surface area contributed by atoms with Crippen molar-refractivity contribution < 1.29 is 14.3 Å². The Morgan fingerprint density at radius 3 is 2.57 bits per heavy atom. The standard InChI is InChI=1S/C23H21N3O3S/c1-14-7-8-15(2)20(11-14)29-10-9-26-13-16(17-5-3-4-6-19(17)26)12-18-21(27)24-23(30)25-22(18)28/h3-8,11-13H,9-10H2,1-2H3,(H2,24,25,27,28,30). The Labute approximate surface area is 179 Å². The van der Waals surface area contributed by atoms with Crippen molar-refractivity contribution in [3.05, 3.63) is 70.9 Å². The van der Waals surface area contributed by atoms with Gasteiger partial charge >= 0.3 is 0 Å². The molecule has 0 unspecified atom stereocenters. The van der Waals surface area contributed by atoms with Crippen LogP contribution in [-0.4, -0.2) is 28.1 Å². The lowest BCUT2D eigenvalue weighted by molar-refractivity contribution is -0.123. The number of benzene rings is 2. The average Bonchev–Trinajstić information content (AvgIpc) is 3.05. The van der Waals surface area contributed by atoms with Crippen LogP contribution in [0.3, 0.4) is 0 Å². The maximum Gasteiger partial charge on any atom is 0.263 e. The van der Waals surface area contributed by atoms with Crippen LogP contribution in [0.15, 0.2) is 54.2 Å². The molecule has 1 aliphatic heterocycles. The fourth-order valence-corrected chi connectivity index (χ4v) is 3.64. The lowest BCUT2D eigenvalue weighted by atomic mass is 10.1. The molecule has 2 N–H and O–H groups in total. The van der Waals surface area contributed by atoms with Crippen molar-refractivity contribution in [3.8, 4) is 5.75 Å². The molecule has 30 heavy (non-hydrogen) atoms. The number of hydrogen-bond donors (Lipinski definition) is 2. The monoisotopic (exact) mass is 419 g/mol. The van der Waals surface area contributed by atoms with Crippen LogP contribution in [-0.2, 0) is 16.1 Å². The van der Waals surface area contributed by atoms with Gasteiger partial charge in [0.05, 0.1) is 6.54 Å². The average molecular weight is 420 g/mol. The highest BCUT2D eigenvalue weighted by Gasteiger charge is 2.26. The summed E-state index contributed by atoms with van der Waals surface area (Å²) in [4.78, 5) is 24.4. The van der Waals surface area contributed by atoms with E-state index in [1.54, 1.807) is 6.08 Å². The number of carbonyl (C=O) groups is 2. The molecule has 3 aromatic rings. The Hall–Kier alpha value is -3.45. The van der Waals surface area contributed by atoms with Crippen molar-refractivity contribution in [1.82, 2.24) is 15.2 Å². The molecule has 0 radical (unpaired) electrons. The zero-order valence-electron chi connectivity index (χ0n) is 16.7. The molecule has 0 aliphatic carbocycles. The summed E-state index contributed by atoms with van der Waals surface area (Å²) in [7, 11) is 0. The van der Waals surface area contributed by atoms with Gasteiger partial charge in [-0.2, -0.15) is 0 Å². The molecule has 0 atom stereocenters. The minimum absolute atomic E-state index is 0.0215. The molecule has 0 saturated carbocycles. The Balaban J connectivity index is 1.60. The van der Waals surface area contributed by atoms with Gasteiger partial charge in [-0.1, -0.05) is 30.3 Å². The molecule has 0 spiro atoms. The molecular weight excluding hydrogens is 398 g/mol. The molecule has 2 heterocycles. The normalized spacial score (nSPS) is 13.9. The lowest BCUT2D eigenvalue weighted by Crippen LogP contribution is -2.51. The summed E-state index contributed by atoms with van der Waals surface area (Å²) >= 11 is 4.85. The topological polar surface area (TPSA) is 72.4 Å². The van der Waals surface area contributed by atoms with Gasteiger partial charge in [0.1, 0.15) is 17.9 Å². The fraction of sp³-hybridized carbons (Fsp3) is 0.174. The molecule has 6 nitrogen and oxygen atoms in total. The van der Waals surface area contributed by atoms with E-state index in [0.29, 0.717) is 13.2 Å². The number of fused-ring (bicyclic) bond motifs is 1. The van der Waals surface area contributed by atoms with Crippen LogP contribution in [0.2, 0.25) is 0 Å². The van der Waals surface area contributed by atoms with Gasteiger partial charge in [0, 0.05) is 22.7 Å². The lowest BCUT2D eigenvalue weighted by Gasteiger charge is -2.16. The van der Waals surface area contributed by atoms with E-state index < -0.39 is 11.8 Å². The van der Waals surface area contributed by atoms with Crippen molar-refractivity contribution in [2.45, 2.75) is 20.4 Å². The molecular formula is C23H21N3O3S. The minimum Gasteiger partial charge on any atom is -0.491 e. The third-order valence-electron chi connectivity index (χ3n) is 5.00. The van der Waals surface area contributed by atoms with Crippen molar-refractivity contribution in [2.24, 2.45) is 0 Å². The third-order valence-corrected chi connectivity index (χ3v) is 5.20. The molecule has 1 aromatic heterocycles. The largest absolute Gasteiger partial charge is 0.491 e. The first-order chi connectivity index (χ1) is 14.4. The summed E-state index contributed by atoms with van der Waals surface area (Å²) in [6.45, 7) is 5.18. The van der Waals surface area contributed by atoms with Gasteiger partial charge in [0.25, 0.3) is 11.8 Å². The third kappa shape index (κ3) is 3.97. The van der Waals surface area contributed by atoms with Crippen molar-refractivity contribution in [2.75, 3.05) is 6.61 Å². The van der Waals surface area contributed by atoms with Gasteiger partial charge in [-0.3, -0.25) is 20.2 Å². The predicted molar refractivity (Wildman–Crippen MR) is 120 cm³/mol. The van der Waals surface area contributed by atoms with Crippen LogP contribution in [0.1, 0.15) is 16.7 Å². The summed E-state index contributed by atoms with van der Waals surface area (Å²) < 4.78 is 8.06. The Kier molecular flexibility index (Phi) is 5.37. The molecule has 7 heteroatoms. The first kappa shape index (κ1) is 19.8. The number of rotatable bonds is 5. The van der Waals surface area contributed by atoms with Gasteiger partial charge in [0.2, 0.25) is 0 Å². The first-order valence-electron chi connectivity index (χ1n) is 9.58. The number of aromatic nitrogens is 1. The van der Waals surface area contributed by atoms with Crippen LogP contribution in [0.4, 0.5) is 0 Å². The predicted octanol–water partition coefficient (Wildman–Crippen LogP) is 3.25. The SMILES string of the molecule is Cc1ccc(C)c(OCCn2cc(C=C3C(=O)NC(=S)NC3=O)c3ccccc32)c1. The van der Waals surface area contributed by atoms with Crippen LogP contribution in [0.5, 0.6) is 5.75 Å². The van der Waals surface area contributed by atoms with Crippen LogP contribution >= 0.6 is 12.2 Å². The fourth-order valence-electron chi connectivity index (χ4n) is 3.45. The first-order valence-corrected chi connectivity index (χ1v) is 9.99. The highest BCUT2D eigenvalue weighted by atomic mass is 32.1. The smallest absolute Gasteiger partial charge is 0.263 e. The number of hydrogen-bond acceptors (Lipinski definition) is 4. The van der Waals surface area contributed by atoms with E-state index in [9.17, 15) is 9.59 Å². The Morgan fingerprint density at radius 2 is 1.80 bits per heavy atom. The van der Waals surface area contributed by atoms with Crippen molar-refractivity contribution >= 4 is 46.1 Å².